The molecule has 5 heteroatoms. The topological polar surface area (TPSA) is 49.4 Å². The lowest BCUT2D eigenvalue weighted by Crippen LogP contribution is -2.54. The molecule has 1 heterocycles. The zero-order valence-electron chi connectivity index (χ0n) is 16.8. The Hall–Kier alpha value is -3.83. The molecule has 1 aliphatic rings. The van der Waals surface area contributed by atoms with Crippen molar-refractivity contribution in [3.8, 4) is 0 Å². The Morgan fingerprint density at radius 1 is 0.839 bits per heavy atom. The third kappa shape index (κ3) is 3.29. The zero-order valence-corrected chi connectivity index (χ0v) is 17.6. The lowest BCUT2D eigenvalue weighted by molar-refractivity contribution is -0.122. The Morgan fingerprint density at radius 2 is 1.42 bits per heavy atom. The monoisotopic (exact) mass is 422 g/mol. The first kappa shape index (κ1) is 19.2. The van der Waals surface area contributed by atoms with Crippen molar-refractivity contribution in [2.75, 3.05) is 4.90 Å². The van der Waals surface area contributed by atoms with Crippen LogP contribution in [0.3, 0.4) is 0 Å². The summed E-state index contributed by atoms with van der Waals surface area (Å²) in [6, 6.07) is 25.5. The zero-order chi connectivity index (χ0) is 21.5. The molecule has 0 saturated carbocycles. The summed E-state index contributed by atoms with van der Waals surface area (Å²) in [6.07, 6.45) is 1.69. The molecule has 0 unspecified atom stereocenters. The van der Waals surface area contributed by atoms with Crippen LogP contribution in [-0.2, 0) is 9.59 Å². The van der Waals surface area contributed by atoms with Gasteiger partial charge in [0.2, 0.25) is 0 Å². The van der Waals surface area contributed by atoms with Crippen molar-refractivity contribution < 1.29 is 9.59 Å². The van der Waals surface area contributed by atoms with E-state index >= 15 is 0 Å². The van der Waals surface area contributed by atoms with Crippen molar-refractivity contribution in [1.29, 1.82) is 0 Å². The van der Waals surface area contributed by atoms with Crippen LogP contribution >= 0.6 is 12.2 Å². The molecule has 4 aromatic rings. The van der Waals surface area contributed by atoms with Crippen LogP contribution in [0, 0.1) is 6.92 Å². The van der Waals surface area contributed by atoms with Gasteiger partial charge in [-0.1, -0.05) is 66.2 Å². The van der Waals surface area contributed by atoms with Crippen molar-refractivity contribution in [1.82, 2.24) is 5.32 Å². The molecule has 2 amide bonds. The van der Waals surface area contributed by atoms with Gasteiger partial charge in [0.25, 0.3) is 11.8 Å². The second-order valence-corrected chi connectivity index (χ2v) is 7.91. The fraction of sp³-hybridized carbons (Fsp3) is 0.0385. The molecular formula is C26H18N2O2S. The Labute approximate surface area is 184 Å². The van der Waals surface area contributed by atoms with E-state index in [1.807, 2.05) is 79.7 Å². The largest absolute Gasteiger partial charge is 0.298 e. The molecule has 4 nitrogen and oxygen atoms in total. The Kier molecular flexibility index (Phi) is 4.60. The Morgan fingerprint density at radius 3 is 2.03 bits per heavy atom. The number of carbonyl (C=O) groups is 2. The van der Waals surface area contributed by atoms with Crippen LogP contribution < -0.4 is 10.2 Å². The smallest absolute Gasteiger partial charge is 0.270 e. The number of fused-ring (bicyclic) bond motifs is 2. The maximum absolute atomic E-state index is 13.4. The molecule has 31 heavy (non-hydrogen) atoms. The van der Waals surface area contributed by atoms with E-state index < -0.39 is 11.8 Å². The second-order valence-electron chi connectivity index (χ2n) is 7.53. The van der Waals surface area contributed by atoms with Crippen molar-refractivity contribution in [2.45, 2.75) is 6.92 Å². The SMILES string of the molecule is Cc1ccc(N2C(=O)/C(=C/c3c4ccccc4cc4ccccc34)C(=O)NC2=S)cc1. The number of amides is 2. The number of benzene rings is 4. The third-order valence-electron chi connectivity index (χ3n) is 5.50. The number of nitrogens with zero attached hydrogens (tertiary/aromatic N) is 1. The summed E-state index contributed by atoms with van der Waals surface area (Å²) in [5.74, 6) is -0.926. The average molecular weight is 423 g/mol. The minimum atomic E-state index is -0.490. The number of anilines is 1. The van der Waals surface area contributed by atoms with Crippen molar-refractivity contribution in [3.05, 3.63) is 95.6 Å². The van der Waals surface area contributed by atoms with E-state index in [1.165, 1.54) is 4.90 Å². The number of nitrogens with one attached hydrogen (secondary N) is 1. The van der Waals surface area contributed by atoms with Gasteiger partial charge >= 0.3 is 0 Å². The van der Waals surface area contributed by atoms with Gasteiger partial charge in [-0.15, -0.1) is 0 Å². The first-order chi connectivity index (χ1) is 15.0. The van der Waals surface area contributed by atoms with E-state index in [4.69, 9.17) is 12.2 Å². The molecule has 0 bridgehead atoms. The highest BCUT2D eigenvalue weighted by Crippen LogP contribution is 2.31. The van der Waals surface area contributed by atoms with E-state index in [0.717, 1.165) is 32.7 Å². The van der Waals surface area contributed by atoms with Crippen LogP contribution in [0.25, 0.3) is 27.6 Å². The summed E-state index contributed by atoms with van der Waals surface area (Å²) < 4.78 is 0. The highest BCUT2D eigenvalue weighted by atomic mass is 32.1. The third-order valence-corrected chi connectivity index (χ3v) is 5.78. The standard InChI is InChI=1S/C26H18N2O2S/c1-16-10-12-19(13-11-16)28-25(30)23(24(29)27-26(28)31)15-22-20-8-4-2-6-17(20)14-18-7-3-5-9-21(18)22/h2-15H,1H3,(H,27,29,31)/b23-15+. The number of aryl methyl sites for hydroxylation is 1. The molecule has 1 aliphatic heterocycles. The summed E-state index contributed by atoms with van der Waals surface area (Å²) >= 11 is 5.31. The van der Waals surface area contributed by atoms with Crippen molar-refractivity contribution in [3.63, 3.8) is 0 Å². The molecule has 150 valence electrons. The fourth-order valence-electron chi connectivity index (χ4n) is 3.93. The Bertz CT molecular complexity index is 1370. The minimum absolute atomic E-state index is 0.0516. The number of hydrogen-bond acceptors (Lipinski definition) is 3. The van der Waals surface area contributed by atoms with Gasteiger partial charge in [0.1, 0.15) is 5.57 Å². The summed E-state index contributed by atoms with van der Waals surface area (Å²) in [5, 5.41) is 6.79. The van der Waals surface area contributed by atoms with Gasteiger partial charge in [-0.05, 0) is 70.5 Å². The van der Waals surface area contributed by atoms with Crippen LogP contribution in [0.4, 0.5) is 5.69 Å². The minimum Gasteiger partial charge on any atom is -0.298 e. The van der Waals surface area contributed by atoms with Gasteiger partial charge in [0.15, 0.2) is 5.11 Å². The molecule has 5 rings (SSSR count). The molecule has 4 aromatic carbocycles. The summed E-state index contributed by atoms with van der Waals surface area (Å²) in [6.45, 7) is 1.97. The summed E-state index contributed by atoms with van der Waals surface area (Å²) in [5.41, 5.74) is 2.58. The average Bonchev–Trinajstić information content (AvgIpc) is 2.77. The van der Waals surface area contributed by atoms with Crippen molar-refractivity contribution >= 4 is 62.5 Å². The molecule has 1 fully saturated rings. The van der Waals surface area contributed by atoms with E-state index in [-0.39, 0.29) is 10.7 Å². The van der Waals surface area contributed by atoms with E-state index in [2.05, 4.69) is 11.4 Å². The molecule has 0 radical (unpaired) electrons. The van der Waals surface area contributed by atoms with Crippen LogP contribution in [-0.4, -0.2) is 16.9 Å². The second kappa shape index (κ2) is 7.45. The quantitative estimate of drug-likeness (QED) is 0.211. The maximum Gasteiger partial charge on any atom is 0.270 e. The molecule has 0 spiro atoms. The van der Waals surface area contributed by atoms with Gasteiger partial charge in [0.05, 0.1) is 5.69 Å². The number of rotatable bonds is 2. The van der Waals surface area contributed by atoms with Gasteiger partial charge in [-0.3, -0.25) is 19.8 Å². The van der Waals surface area contributed by atoms with Gasteiger partial charge in [-0.25, -0.2) is 0 Å². The van der Waals surface area contributed by atoms with Crippen LogP contribution in [0.5, 0.6) is 0 Å². The molecule has 1 saturated heterocycles. The predicted octanol–water partition coefficient (Wildman–Crippen LogP) is 5.13. The van der Waals surface area contributed by atoms with Crippen molar-refractivity contribution in [2.24, 2.45) is 0 Å². The van der Waals surface area contributed by atoms with E-state index in [0.29, 0.717) is 5.69 Å². The predicted molar refractivity (Wildman–Crippen MR) is 129 cm³/mol. The first-order valence-electron chi connectivity index (χ1n) is 9.91. The molecule has 0 aromatic heterocycles. The number of carbonyl (C=O) groups excluding carboxylic acids is 2. The first-order valence-corrected chi connectivity index (χ1v) is 10.3. The summed E-state index contributed by atoms with van der Waals surface area (Å²) in [4.78, 5) is 27.6. The van der Waals surface area contributed by atoms with E-state index in [9.17, 15) is 9.59 Å². The van der Waals surface area contributed by atoms with Gasteiger partial charge < -0.3 is 0 Å². The summed E-state index contributed by atoms with van der Waals surface area (Å²) in [7, 11) is 0. The lowest BCUT2D eigenvalue weighted by Gasteiger charge is -2.29. The van der Waals surface area contributed by atoms with E-state index in [1.54, 1.807) is 6.08 Å². The highest BCUT2D eigenvalue weighted by molar-refractivity contribution is 7.80. The van der Waals surface area contributed by atoms with Crippen LogP contribution in [0.15, 0.2) is 84.4 Å². The fourth-order valence-corrected chi connectivity index (χ4v) is 4.22. The van der Waals surface area contributed by atoms with Crippen LogP contribution in [0.2, 0.25) is 0 Å². The molecule has 1 N–H and O–H groups in total. The van der Waals surface area contributed by atoms with Gasteiger partial charge in [0, 0.05) is 0 Å². The van der Waals surface area contributed by atoms with Crippen LogP contribution in [0.1, 0.15) is 11.1 Å². The Balaban J connectivity index is 1.71. The maximum atomic E-state index is 13.4. The molecule has 0 aliphatic carbocycles. The normalized spacial score (nSPS) is 15.7. The molecule has 0 atom stereocenters. The number of hydrogen-bond donors (Lipinski definition) is 1. The number of thiocarbonyl (C=S) groups is 1. The van der Waals surface area contributed by atoms with Gasteiger partial charge in [-0.2, -0.15) is 0 Å². The molecular weight excluding hydrogens is 404 g/mol. The highest BCUT2D eigenvalue weighted by Gasteiger charge is 2.34. The lowest BCUT2D eigenvalue weighted by atomic mass is 9.94.